The molecule has 106 valence electrons. The molecule has 2 N–H and O–H groups in total. The van der Waals surface area contributed by atoms with E-state index < -0.39 is 5.60 Å². The Morgan fingerprint density at radius 2 is 2.42 bits per heavy atom. The second kappa shape index (κ2) is 5.56. The van der Waals surface area contributed by atoms with Crippen LogP contribution < -0.4 is 5.32 Å². The summed E-state index contributed by atoms with van der Waals surface area (Å²) in [5.41, 5.74) is -0.442. The number of likely N-dealkylation sites (tertiary alicyclic amines) is 1. The molecule has 0 aliphatic carbocycles. The van der Waals surface area contributed by atoms with E-state index >= 15 is 0 Å². The van der Waals surface area contributed by atoms with Crippen molar-refractivity contribution in [1.29, 1.82) is 0 Å². The highest BCUT2D eigenvalue weighted by Crippen LogP contribution is 2.15. The number of nitrogens with zero attached hydrogens (tertiary/aromatic N) is 3. The highest BCUT2D eigenvalue weighted by molar-refractivity contribution is 5.68. The summed E-state index contributed by atoms with van der Waals surface area (Å²) in [4.78, 5) is 17.7. The minimum atomic E-state index is -0.442. The van der Waals surface area contributed by atoms with Gasteiger partial charge in [0.1, 0.15) is 17.8 Å². The van der Waals surface area contributed by atoms with Crippen LogP contribution in [-0.4, -0.2) is 50.9 Å². The molecule has 1 aromatic heterocycles. The number of carbonyl (C=O) groups is 1. The summed E-state index contributed by atoms with van der Waals surface area (Å²) in [6.45, 7) is 7.65. The third kappa shape index (κ3) is 4.20. The first-order valence-electron chi connectivity index (χ1n) is 6.49. The van der Waals surface area contributed by atoms with E-state index in [-0.39, 0.29) is 12.1 Å². The molecule has 7 heteroatoms. The summed E-state index contributed by atoms with van der Waals surface area (Å²) in [5, 5.41) is 9.94. The van der Waals surface area contributed by atoms with Crippen LogP contribution in [0.5, 0.6) is 0 Å². The van der Waals surface area contributed by atoms with Gasteiger partial charge in [-0.3, -0.25) is 5.10 Å². The van der Waals surface area contributed by atoms with E-state index in [0.717, 1.165) is 18.8 Å². The van der Waals surface area contributed by atoms with Gasteiger partial charge in [-0.15, -0.1) is 0 Å². The smallest absolute Gasteiger partial charge is 0.410 e. The molecule has 0 saturated carbocycles. The van der Waals surface area contributed by atoms with Gasteiger partial charge in [-0.05, 0) is 27.2 Å². The highest BCUT2D eigenvalue weighted by Gasteiger charge is 2.29. The first-order chi connectivity index (χ1) is 8.94. The summed E-state index contributed by atoms with van der Waals surface area (Å²) < 4.78 is 5.35. The van der Waals surface area contributed by atoms with Gasteiger partial charge in [0, 0.05) is 19.1 Å². The summed E-state index contributed by atoms with van der Waals surface area (Å²) >= 11 is 0. The molecule has 1 fully saturated rings. The summed E-state index contributed by atoms with van der Waals surface area (Å²) in [5.74, 6) is 0.802. The van der Waals surface area contributed by atoms with E-state index in [1.54, 1.807) is 4.90 Å². The zero-order valence-electron chi connectivity index (χ0n) is 11.6. The fraction of sp³-hybridized carbons (Fsp3) is 0.750. The summed E-state index contributed by atoms with van der Waals surface area (Å²) in [6.07, 6.45) is 2.17. The molecule has 1 saturated heterocycles. The predicted octanol–water partition coefficient (Wildman–Crippen LogP) is 0.904. The predicted molar refractivity (Wildman–Crippen MR) is 69.4 cm³/mol. The third-order valence-electron chi connectivity index (χ3n) is 2.86. The van der Waals surface area contributed by atoms with Gasteiger partial charge in [-0.25, -0.2) is 9.78 Å². The maximum Gasteiger partial charge on any atom is 0.410 e. The van der Waals surface area contributed by atoms with E-state index in [2.05, 4.69) is 20.5 Å². The van der Waals surface area contributed by atoms with Gasteiger partial charge in [0.05, 0.1) is 6.54 Å². The molecule has 1 aromatic rings. The van der Waals surface area contributed by atoms with Crippen molar-refractivity contribution in [3.63, 3.8) is 0 Å². The number of ether oxygens (including phenoxy) is 1. The normalized spacial score (nSPS) is 19.7. The second-order valence-corrected chi connectivity index (χ2v) is 5.73. The molecule has 0 spiro atoms. The van der Waals surface area contributed by atoms with Crippen molar-refractivity contribution in [3.05, 3.63) is 12.2 Å². The highest BCUT2D eigenvalue weighted by atomic mass is 16.6. The maximum absolute atomic E-state index is 11.9. The van der Waals surface area contributed by atoms with Crippen molar-refractivity contribution in [2.75, 3.05) is 13.1 Å². The van der Waals surface area contributed by atoms with Crippen LogP contribution >= 0.6 is 0 Å². The lowest BCUT2D eigenvalue weighted by atomic mass is 10.2. The SMILES string of the molecule is CC(C)(C)OC(=O)N1CCC(NCc2ncn[nH]2)C1. The lowest BCUT2D eigenvalue weighted by Gasteiger charge is -2.24. The van der Waals surface area contributed by atoms with E-state index in [4.69, 9.17) is 4.74 Å². The van der Waals surface area contributed by atoms with Crippen LogP contribution in [0, 0.1) is 0 Å². The number of rotatable bonds is 3. The van der Waals surface area contributed by atoms with E-state index in [1.807, 2.05) is 20.8 Å². The van der Waals surface area contributed by atoms with Crippen molar-refractivity contribution in [1.82, 2.24) is 25.4 Å². The third-order valence-corrected chi connectivity index (χ3v) is 2.86. The first kappa shape index (κ1) is 13.8. The van der Waals surface area contributed by atoms with Crippen LogP contribution in [0.4, 0.5) is 4.79 Å². The van der Waals surface area contributed by atoms with Crippen molar-refractivity contribution < 1.29 is 9.53 Å². The quantitative estimate of drug-likeness (QED) is 0.850. The standard InChI is InChI=1S/C12H21N5O2/c1-12(2,3)19-11(18)17-5-4-9(7-17)13-6-10-14-8-15-16-10/h8-9,13H,4-7H2,1-3H3,(H,14,15,16). The molecule has 0 aromatic carbocycles. The number of hydrogen-bond donors (Lipinski definition) is 2. The van der Waals surface area contributed by atoms with Gasteiger partial charge in [0.25, 0.3) is 0 Å². The molecule has 2 heterocycles. The fourth-order valence-corrected chi connectivity index (χ4v) is 1.98. The van der Waals surface area contributed by atoms with Gasteiger partial charge in [0.15, 0.2) is 0 Å². The number of nitrogens with one attached hydrogen (secondary N) is 2. The van der Waals surface area contributed by atoms with Crippen LogP contribution in [0.2, 0.25) is 0 Å². The lowest BCUT2D eigenvalue weighted by molar-refractivity contribution is 0.0291. The van der Waals surface area contributed by atoms with Crippen molar-refractivity contribution >= 4 is 6.09 Å². The van der Waals surface area contributed by atoms with Crippen LogP contribution in [-0.2, 0) is 11.3 Å². The number of amides is 1. The molecule has 0 bridgehead atoms. The Morgan fingerprint density at radius 3 is 3.05 bits per heavy atom. The zero-order valence-corrected chi connectivity index (χ0v) is 11.6. The van der Waals surface area contributed by atoms with E-state index in [1.165, 1.54) is 6.33 Å². The average molecular weight is 267 g/mol. The molecular weight excluding hydrogens is 246 g/mol. The van der Waals surface area contributed by atoms with Crippen molar-refractivity contribution in [2.24, 2.45) is 0 Å². The number of hydrogen-bond acceptors (Lipinski definition) is 5. The Morgan fingerprint density at radius 1 is 1.63 bits per heavy atom. The molecule has 1 unspecified atom stereocenters. The molecule has 19 heavy (non-hydrogen) atoms. The molecular formula is C12H21N5O2. The Bertz CT molecular complexity index is 412. The van der Waals surface area contributed by atoms with Gasteiger partial charge < -0.3 is 15.0 Å². The Hall–Kier alpha value is -1.63. The number of carbonyl (C=O) groups excluding carboxylic acids is 1. The van der Waals surface area contributed by atoms with Gasteiger partial charge in [0.2, 0.25) is 0 Å². The average Bonchev–Trinajstić information content (AvgIpc) is 2.96. The van der Waals surface area contributed by atoms with Gasteiger partial charge in [-0.2, -0.15) is 5.10 Å². The monoisotopic (exact) mass is 267 g/mol. The van der Waals surface area contributed by atoms with Crippen LogP contribution in [0.25, 0.3) is 0 Å². The van der Waals surface area contributed by atoms with Crippen molar-refractivity contribution in [3.8, 4) is 0 Å². The van der Waals surface area contributed by atoms with Crippen LogP contribution in [0.15, 0.2) is 6.33 Å². The minimum absolute atomic E-state index is 0.239. The lowest BCUT2D eigenvalue weighted by Crippen LogP contribution is -2.38. The molecule has 1 aliphatic heterocycles. The minimum Gasteiger partial charge on any atom is -0.444 e. The molecule has 2 rings (SSSR count). The number of H-pyrrole nitrogens is 1. The Labute approximate surface area is 112 Å². The van der Waals surface area contributed by atoms with Gasteiger partial charge in [-0.1, -0.05) is 0 Å². The summed E-state index contributed by atoms with van der Waals surface area (Å²) in [7, 11) is 0. The molecule has 1 amide bonds. The molecule has 0 radical (unpaired) electrons. The zero-order chi connectivity index (χ0) is 13.9. The fourth-order valence-electron chi connectivity index (χ4n) is 1.98. The van der Waals surface area contributed by atoms with E-state index in [9.17, 15) is 4.79 Å². The molecule has 1 atom stereocenters. The second-order valence-electron chi connectivity index (χ2n) is 5.73. The maximum atomic E-state index is 11.9. The number of aromatic nitrogens is 3. The van der Waals surface area contributed by atoms with E-state index in [0.29, 0.717) is 13.1 Å². The molecule has 1 aliphatic rings. The summed E-state index contributed by atoms with van der Waals surface area (Å²) in [6, 6.07) is 0.276. The first-order valence-corrected chi connectivity index (χ1v) is 6.49. The topological polar surface area (TPSA) is 83.1 Å². The van der Waals surface area contributed by atoms with Crippen molar-refractivity contribution in [2.45, 2.75) is 45.4 Å². The Balaban J connectivity index is 1.75. The Kier molecular flexibility index (Phi) is 4.04. The van der Waals surface area contributed by atoms with Crippen LogP contribution in [0.3, 0.4) is 0 Å². The number of aromatic amines is 1. The largest absolute Gasteiger partial charge is 0.444 e. The van der Waals surface area contributed by atoms with Gasteiger partial charge >= 0.3 is 6.09 Å². The molecule has 7 nitrogen and oxygen atoms in total. The van der Waals surface area contributed by atoms with Crippen LogP contribution in [0.1, 0.15) is 33.0 Å².